The van der Waals surface area contributed by atoms with Crippen molar-refractivity contribution < 1.29 is 0 Å². The van der Waals surface area contributed by atoms with E-state index in [2.05, 4.69) is 60.7 Å². The van der Waals surface area contributed by atoms with Gasteiger partial charge in [0.15, 0.2) is 0 Å². The van der Waals surface area contributed by atoms with Crippen LogP contribution >= 0.6 is 45.3 Å². The summed E-state index contributed by atoms with van der Waals surface area (Å²) in [5, 5.41) is 5.67. The summed E-state index contributed by atoms with van der Waals surface area (Å²) in [6.07, 6.45) is 0. The van der Waals surface area contributed by atoms with Crippen LogP contribution in [0.25, 0.3) is 59.1 Å². The third kappa shape index (κ3) is 1.64. The Balaban J connectivity index is 1.70. The Morgan fingerprint density at radius 3 is 1.23 bits per heavy atom. The molecule has 26 heavy (non-hydrogen) atoms. The van der Waals surface area contributed by atoms with Gasteiger partial charge in [0.05, 0.1) is 28.2 Å². The van der Waals surface area contributed by atoms with E-state index in [0.29, 0.717) is 0 Å². The number of hydrogen-bond donors (Lipinski definition) is 0. The van der Waals surface area contributed by atoms with E-state index in [4.69, 9.17) is 0 Å². The van der Waals surface area contributed by atoms with Crippen LogP contribution < -0.4 is 0 Å². The van der Waals surface area contributed by atoms with Gasteiger partial charge in [-0.2, -0.15) is 0 Å². The molecule has 0 amide bonds. The Hall–Kier alpha value is -1.98. The molecule has 122 valence electrons. The molecular weight excluding hydrogens is 393 g/mol. The van der Waals surface area contributed by atoms with Crippen molar-refractivity contribution in [2.75, 3.05) is 0 Å². The summed E-state index contributed by atoms with van der Waals surface area (Å²) < 4.78 is 11.5. The van der Waals surface area contributed by atoms with Gasteiger partial charge in [0.1, 0.15) is 0 Å². The Bertz CT molecular complexity index is 1510. The molecule has 4 aromatic heterocycles. The zero-order valence-corrected chi connectivity index (χ0v) is 16.7. The van der Waals surface area contributed by atoms with E-state index in [1.807, 2.05) is 45.3 Å². The van der Waals surface area contributed by atoms with Crippen LogP contribution in [0.1, 0.15) is 0 Å². The first kappa shape index (κ1) is 14.1. The minimum absolute atomic E-state index is 1.40. The van der Waals surface area contributed by atoms with Gasteiger partial charge < -0.3 is 0 Å². The minimum atomic E-state index is 1.40. The van der Waals surface area contributed by atoms with Gasteiger partial charge >= 0.3 is 0 Å². The Kier molecular flexibility index (Phi) is 2.63. The first-order valence-corrected chi connectivity index (χ1v) is 11.7. The van der Waals surface area contributed by atoms with Crippen LogP contribution in [0.5, 0.6) is 0 Å². The fourth-order valence-electron chi connectivity index (χ4n) is 3.93. The average molecular weight is 403 g/mol. The fraction of sp³-hybridized carbons (Fsp3) is 0. The molecule has 0 saturated heterocycles. The first-order chi connectivity index (χ1) is 12.9. The molecule has 0 spiro atoms. The molecule has 0 aliphatic carbocycles. The third-order valence-electron chi connectivity index (χ3n) is 5.11. The predicted molar refractivity (Wildman–Crippen MR) is 123 cm³/mol. The average Bonchev–Trinajstić information content (AvgIpc) is 3.38. The minimum Gasteiger partial charge on any atom is -0.134 e. The zero-order valence-electron chi connectivity index (χ0n) is 13.4. The molecular formula is C22H10S4. The topological polar surface area (TPSA) is 0 Å². The summed E-state index contributed by atoms with van der Waals surface area (Å²) in [7, 11) is 0. The van der Waals surface area contributed by atoms with Crippen molar-refractivity contribution in [3.8, 4) is 0 Å². The highest BCUT2D eigenvalue weighted by Gasteiger charge is 2.18. The lowest BCUT2D eigenvalue weighted by Crippen LogP contribution is -1.64. The normalized spacial score (nSPS) is 12.6. The Labute approximate surface area is 164 Å². The Morgan fingerprint density at radius 1 is 0.346 bits per heavy atom. The molecule has 4 heterocycles. The van der Waals surface area contributed by atoms with Crippen molar-refractivity contribution >= 4 is 104 Å². The van der Waals surface area contributed by atoms with Gasteiger partial charge in [0.2, 0.25) is 0 Å². The summed E-state index contributed by atoms with van der Waals surface area (Å²) in [5.41, 5.74) is 0. The van der Waals surface area contributed by atoms with Crippen molar-refractivity contribution in [1.29, 1.82) is 0 Å². The van der Waals surface area contributed by atoms with Crippen LogP contribution in [-0.2, 0) is 0 Å². The number of fused-ring (bicyclic) bond motifs is 11. The van der Waals surface area contributed by atoms with Gasteiger partial charge in [-0.05, 0) is 12.1 Å². The monoisotopic (exact) mass is 402 g/mol. The number of rotatable bonds is 0. The van der Waals surface area contributed by atoms with Gasteiger partial charge in [0.25, 0.3) is 0 Å². The van der Waals surface area contributed by atoms with Crippen LogP contribution in [0, 0.1) is 0 Å². The van der Waals surface area contributed by atoms with E-state index >= 15 is 0 Å². The molecule has 4 heteroatoms. The molecule has 0 radical (unpaired) electrons. The van der Waals surface area contributed by atoms with Crippen molar-refractivity contribution in [2.24, 2.45) is 0 Å². The number of hydrogen-bond acceptors (Lipinski definition) is 4. The van der Waals surface area contributed by atoms with Crippen LogP contribution in [-0.4, -0.2) is 0 Å². The molecule has 7 rings (SSSR count). The summed E-state index contributed by atoms with van der Waals surface area (Å²) in [6, 6.07) is 22.3. The summed E-state index contributed by atoms with van der Waals surface area (Å²) in [4.78, 5) is 0. The highest BCUT2D eigenvalue weighted by molar-refractivity contribution is 7.41. The molecule has 0 atom stereocenters. The maximum Gasteiger partial charge on any atom is 0.0543 e. The van der Waals surface area contributed by atoms with Crippen LogP contribution in [0.15, 0.2) is 60.7 Å². The summed E-state index contributed by atoms with van der Waals surface area (Å²) >= 11 is 7.82. The number of benzene rings is 3. The molecule has 0 saturated carbocycles. The quantitative estimate of drug-likeness (QED) is 0.238. The van der Waals surface area contributed by atoms with E-state index < -0.39 is 0 Å². The van der Waals surface area contributed by atoms with Gasteiger partial charge in [-0.25, -0.2) is 0 Å². The number of thiophene rings is 4. The van der Waals surface area contributed by atoms with Crippen molar-refractivity contribution in [2.45, 2.75) is 0 Å². The molecule has 0 aliphatic heterocycles. The lowest BCUT2D eigenvalue weighted by atomic mass is 10.2. The van der Waals surface area contributed by atoms with Crippen LogP contribution in [0.3, 0.4) is 0 Å². The summed E-state index contributed by atoms with van der Waals surface area (Å²) in [6.45, 7) is 0. The van der Waals surface area contributed by atoms with Gasteiger partial charge in [0, 0.05) is 30.9 Å². The molecule has 0 N–H and O–H groups in total. The van der Waals surface area contributed by atoms with Gasteiger partial charge in [-0.1, -0.05) is 48.5 Å². The van der Waals surface area contributed by atoms with Crippen molar-refractivity contribution in [1.82, 2.24) is 0 Å². The maximum atomic E-state index is 2.35. The first-order valence-electron chi connectivity index (χ1n) is 8.45. The van der Waals surface area contributed by atoms with Crippen molar-refractivity contribution in [3.05, 3.63) is 60.7 Å². The molecule has 0 nitrogen and oxygen atoms in total. The second-order valence-electron chi connectivity index (χ2n) is 6.54. The molecule has 0 fully saturated rings. The second-order valence-corrected chi connectivity index (χ2v) is 10.7. The van der Waals surface area contributed by atoms with E-state index in [1.165, 1.54) is 59.1 Å². The van der Waals surface area contributed by atoms with Crippen molar-refractivity contribution in [3.63, 3.8) is 0 Å². The van der Waals surface area contributed by atoms with E-state index in [0.717, 1.165) is 0 Å². The largest absolute Gasteiger partial charge is 0.134 e. The third-order valence-corrected chi connectivity index (χ3v) is 10.4. The molecule has 0 unspecified atom stereocenters. The lowest BCUT2D eigenvalue weighted by Gasteiger charge is -1.93. The van der Waals surface area contributed by atoms with Gasteiger partial charge in [-0.15, -0.1) is 45.3 Å². The van der Waals surface area contributed by atoms with E-state index in [-0.39, 0.29) is 0 Å². The van der Waals surface area contributed by atoms with E-state index in [1.54, 1.807) is 0 Å². The second kappa shape index (κ2) is 4.84. The molecule has 3 aromatic carbocycles. The lowest BCUT2D eigenvalue weighted by molar-refractivity contribution is 1.87. The SMILES string of the molecule is c1ccc2c(c1)sc1c3ccc4c5sc6ccccc6c5sc4c3sc21. The molecule has 0 bridgehead atoms. The fourth-order valence-corrected chi connectivity index (χ4v) is 9.55. The standard InChI is InChI=1S/C22H10S4/c1-3-7-15-11(5-1)17-19(23-15)13-9-10-14-20-18(26-22(14)21(13)25-17)12-6-2-4-8-16(12)24-20/h1-10H. The summed E-state index contributed by atoms with van der Waals surface area (Å²) in [5.74, 6) is 0. The predicted octanol–water partition coefficient (Wildman–Crippen LogP) is 8.85. The smallest absolute Gasteiger partial charge is 0.0543 e. The molecule has 7 aromatic rings. The highest BCUT2D eigenvalue weighted by atomic mass is 32.1. The molecule has 0 aliphatic rings. The van der Waals surface area contributed by atoms with E-state index in [9.17, 15) is 0 Å². The zero-order chi connectivity index (χ0) is 16.8. The maximum absolute atomic E-state index is 2.35. The Morgan fingerprint density at radius 2 is 0.731 bits per heavy atom. The van der Waals surface area contributed by atoms with Crippen LogP contribution in [0.2, 0.25) is 0 Å². The van der Waals surface area contributed by atoms with Gasteiger partial charge in [-0.3, -0.25) is 0 Å². The van der Waals surface area contributed by atoms with Crippen LogP contribution in [0.4, 0.5) is 0 Å². The highest BCUT2D eigenvalue weighted by Crippen LogP contribution is 2.51.